The molecule has 10 N–H and O–H groups in total. The van der Waals surface area contributed by atoms with Gasteiger partial charge in [0, 0.05) is 65.2 Å². The van der Waals surface area contributed by atoms with Crippen LogP contribution in [0.15, 0.2) is 0 Å². The smallest absolute Gasteiger partial charge is 0.303 e. The predicted octanol–water partition coefficient (Wildman–Crippen LogP) is -0.681. The monoisotopic (exact) mass is 546 g/mol. The highest BCUT2D eigenvalue weighted by Gasteiger charge is 2.16. The molecule has 0 spiro atoms. The second-order valence-corrected chi connectivity index (χ2v) is 9.93. The summed E-state index contributed by atoms with van der Waals surface area (Å²) in [6, 6.07) is 0. The van der Waals surface area contributed by atoms with E-state index in [1.165, 1.54) is 78.5 Å². The number of piperazine rings is 2. The summed E-state index contributed by atoms with van der Waals surface area (Å²) in [6.45, 7) is 17.5. The maximum atomic E-state index is 9.90. The van der Waals surface area contributed by atoms with Crippen molar-refractivity contribution >= 4 is 11.9 Å². The van der Waals surface area contributed by atoms with Crippen LogP contribution in [0.1, 0.15) is 51.4 Å². The van der Waals surface area contributed by atoms with Gasteiger partial charge in [-0.15, -0.1) is 0 Å². The summed E-state index contributed by atoms with van der Waals surface area (Å²) in [5.41, 5.74) is 22.0. The van der Waals surface area contributed by atoms with E-state index in [0.717, 1.165) is 51.9 Å². The van der Waals surface area contributed by atoms with Crippen molar-refractivity contribution in [3.05, 3.63) is 0 Å². The van der Waals surface area contributed by atoms with Crippen LogP contribution in [-0.2, 0) is 9.59 Å². The van der Waals surface area contributed by atoms with Gasteiger partial charge in [-0.05, 0) is 90.9 Å². The van der Waals surface area contributed by atoms with Crippen LogP contribution in [0.2, 0.25) is 0 Å². The average molecular weight is 547 g/mol. The quantitative estimate of drug-likeness (QED) is 0.126. The molecule has 0 aromatic rings. The van der Waals surface area contributed by atoms with E-state index in [0.29, 0.717) is 12.8 Å². The first-order chi connectivity index (χ1) is 18.4. The normalized spacial score (nSPS) is 17.3. The molecular formula is C26H58N8O4. The van der Waals surface area contributed by atoms with Gasteiger partial charge in [0.2, 0.25) is 0 Å². The topological polar surface area (TPSA) is 192 Å². The van der Waals surface area contributed by atoms with Gasteiger partial charge in [0.05, 0.1) is 0 Å². The van der Waals surface area contributed by atoms with E-state index in [4.69, 9.17) is 33.1 Å². The van der Waals surface area contributed by atoms with Crippen molar-refractivity contribution in [2.75, 3.05) is 105 Å². The minimum Gasteiger partial charge on any atom is -0.481 e. The van der Waals surface area contributed by atoms with Gasteiger partial charge in [-0.25, -0.2) is 0 Å². The lowest BCUT2D eigenvalue weighted by Crippen LogP contribution is -2.47. The van der Waals surface area contributed by atoms with Gasteiger partial charge in [0.15, 0.2) is 0 Å². The third kappa shape index (κ3) is 22.6. The Morgan fingerprint density at radius 3 is 0.816 bits per heavy atom. The van der Waals surface area contributed by atoms with Crippen LogP contribution in [0.25, 0.3) is 0 Å². The maximum absolute atomic E-state index is 9.90. The highest BCUT2D eigenvalue weighted by molar-refractivity contribution is 5.67. The highest BCUT2D eigenvalue weighted by atomic mass is 16.4. The summed E-state index contributed by atoms with van der Waals surface area (Å²) in [6.07, 6.45) is 5.53. The van der Waals surface area contributed by atoms with E-state index >= 15 is 0 Å². The largest absolute Gasteiger partial charge is 0.481 e. The van der Waals surface area contributed by atoms with E-state index in [1.54, 1.807) is 0 Å². The average Bonchev–Trinajstić information content (AvgIpc) is 2.92. The lowest BCUT2D eigenvalue weighted by molar-refractivity contribution is -0.139. The SMILES string of the molecule is NCCCN1CCN(CCCN)CC1.NCCCN1CCN(CCCN)CC1.O=C(O)CCCCC(=O)O. The van der Waals surface area contributed by atoms with Crippen LogP contribution in [0.5, 0.6) is 0 Å². The zero-order chi connectivity index (χ0) is 28.4. The molecule has 2 heterocycles. The van der Waals surface area contributed by atoms with E-state index in [-0.39, 0.29) is 12.8 Å². The van der Waals surface area contributed by atoms with Crippen LogP contribution in [0.3, 0.4) is 0 Å². The van der Waals surface area contributed by atoms with Gasteiger partial charge in [-0.2, -0.15) is 0 Å². The molecule has 2 saturated heterocycles. The molecule has 0 saturated carbocycles. The minimum absolute atomic E-state index is 0.0628. The molecule has 0 radical (unpaired) electrons. The van der Waals surface area contributed by atoms with Gasteiger partial charge >= 0.3 is 11.9 Å². The Kier molecular flexibility index (Phi) is 24.9. The number of nitrogens with two attached hydrogens (primary N) is 4. The molecule has 12 nitrogen and oxygen atoms in total. The Morgan fingerprint density at radius 1 is 0.447 bits per heavy atom. The fourth-order valence-electron chi connectivity index (χ4n) is 4.29. The van der Waals surface area contributed by atoms with Crippen molar-refractivity contribution in [1.29, 1.82) is 0 Å². The Hall–Kier alpha value is -1.38. The van der Waals surface area contributed by atoms with Crippen molar-refractivity contribution < 1.29 is 19.8 Å². The number of hydrogen-bond donors (Lipinski definition) is 6. The second kappa shape index (κ2) is 25.9. The van der Waals surface area contributed by atoms with Crippen LogP contribution in [0.4, 0.5) is 0 Å². The van der Waals surface area contributed by atoms with Crippen LogP contribution in [0, 0.1) is 0 Å². The Balaban J connectivity index is 0.000000551. The van der Waals surface area contributed by atoms with Crippen molar-refractivity contribution in [3.8, 4) is 0 Å². The predicted molar refractivity (Wildman–Crippen MR) is 154 cm³/mol. The zero-order valence-electron chi connectivity index (χ0n) is 23.8. The molecule has 0 aliphatic carbocycles. The molecule has 0 unspecified atom stereocenters. The maximum Gasteiger partial charge on any atom is 0.303 e. The van der Waals surface area contributed by atoms with Crippen LogP contribution >= 0.6 is 0 Å². The van der Waals surface area contributed by atoms with Gasteiger partial charge in [-0.1, -0.05) is 0 Å². The number of carbonyl (C=O) groups is 2. The standard InChI is InChI=1S/2C10H24N4.C6H10O4/c2*11-3-1-5-13-7-9-14(10-8-13)6-2-4-12;7-5(8)3-1-2-4-6(9)10/h2*1-12H2;1-4H2,(H,7,8)(H,9,10). The lowest BCUT2D eigenvalue weighted by atomic mass is 10.2. The number of nitrogens with zero attached hydrogens (tertiary/aromatic N) is 4. The summed E-state index contributed by atoms with van der Waals surface area (Å²) in [7, 11) is 0. The first-order valence-corrected chi connectivity index (χ1v) is 14.5. The molecule has 2 aliphatic rings. The van der Waals surface area contributed by atoms with Crippen molar-refractivity contribution in [2.24, 2.45) is 22.9 Å². The third-order valence-corrected chi connectivity index (χ3v) is 6.67. The number of rotatable bonds is 17. The fourth-order valence-corrected chi connectivity index (χ4v) is 4.29. The number of carboxylic acids is 2. The molecule has 0 bridgehead atoms. The molecule has 2 rings (SSSR count). The second-order valence-electron chi connectivity index (χ2n) is 9.93. The van der Waals surface area contributed by atoms with Gasteiger partial charge in [-0.3, -0.25) is 9.59 Å². The highest BCUT2D eigenvalue weighted by Crippen LogP contribution is 2.03. The van der Waals surface area contributed by atoms with E-state index in [9.17, 15) is 9.59 Å². The molecular weight excluding hydrogens is 488 g/mol. The molecule has 12 heteroatoms. The van der Waals surface area contributed by atoms with Crippen molar-refractivity contribution in [1.82, 2.24) is 19.6 Å². The lowest BCUT2D eigenvalue weighted by Gasteiger charge is -2.34. The van der Waals surface area contributed by atoms with E-state index in [2.05, 4.69) is 19.6 Å². The number of hydrogen-bond acceptors (Lipinski definition) is 10. The molecule has 2 fully saturated rings. The van der Waals surface area contributed by atoms with Gasteiger partial charge < -0.3 is 52.7 Å². The first kappa shape index (κ1) is 36.6. The van der Waals surface area contributed by atoms with E-state index in [1.807, 2.05) is 0 Å². The van der Waals surface area contributed by atoms with Gasteiger partial charge in [0.25, 0.3) is 0 Å². The number of carboxylic acid groups (broad SMARTS) is 2. The van der Waals surface area contributed by atoms with Crippen LogP contribution in [-0.4, -0.2) is 146 Å². The Morgan fingerprint density at radius 2 is 0.658 bits per heavy atom. The fraction of sp³-hybridized carbons (Fsp3) is 0.923. The summed E-state index contributed by atoms with van der Waals surface area (Å²) in [4.78, 5) is 29.8. The molecule has 2 aliphatic heterocycles. The van der Waals surface area contributed by atoms with Crippen molar-refractivity contribution in [2.45, 2.75) is 51.4 Å². The molecule has 0 amide bonds. The van der Waals surface area contributed by atoms with E-state index < -0.39 is 11.9 Å². The zero-order valence-corrected chi connectivity index (χ0v) is 23.8. The van der Waals surface area contributed by atoms with Crippen molar-refractivity contribution in [3.63, 3.8) is 0 Å². The van der Waals surface area contributed by atoms with Gasteiger partial charge in [0.1, 0.15) is 0 Å². The summed E-state index contributed by atoms with van der Waals surface area (Å²) < 4.78 is 0. The molecule has 226 valence electrons. The summed E-state index contributed by atoms with van der Waals surface area (Å²) in [5, 5.41) is 16.3. The molecule has 38 heavy (non-hydrogen) atoms. The molecule has 0 atom stereocenters. The molecule has 0 aromatic heterocycles. The number of unbranched alkanes of at least 4 members (excludes halogenated alkanes) is 1. The minimum atomic E-state index is -0.870. The summed E-state index contributed by atoms with van der Waals surface area (Å²) in [5.74, 6) is -1.74. The summed E-state index contributed by atoms with van der Waals surface area (Å²) >= 11 is 0. The third-order valence-electron chi connectivity index (χ3n) is 6.67. The Labute approximate surface area is 230 Å². The molecule has 0 aromatic carbocycles. The Bertz CT molecular complexity index is 477. The van der Waals surface area contributed by atoms with Crippen LogP contribution < -0.4 is 22.9 Å². The number of aliphatic carboxylic acids is 2. The first-order valence-electron chi connectivity index (χ1n) is 14.5.